The third-order valence-electron chi connectivity index (χ3n) is 4.16. The van der Waals surface area contributed by atoms with E-state index >= 15 is 0 Å². The molecule has 1 fully saturated rings. The number of halogens is 3. The zero-order valence-corrected chi connectivity index (χ0v) is 14.7. The second-order valence-corrected chi connectivity index (χ2v) is 7.13. The topological polar surface area (TPSA) is 80.0 Å². The van der Waals surface area contributed by atoms with E-state index in [4.69, 9.17) is 11.6 Å². The molecular formula is C16H15ClF2N6O. The van der Waals surface area contributed by atoms with E-state index in [2.05, 4.69) is 20.1 Å². The Kier molecular flexibility index (Phi) is 3.64. The van der Waals surface area contributed by atoms with Gasteiger partial charge in [0.05, 0.1) is 16.5 Å². The predicted molar refractivity (Wildman–Crippen MR) is 91.9 cm³/mol. The molecule has 3 aromatic heterocycles. The molecule has 0 unspecified atom stereocenters. The lowest BCUT2D eigenvalue weighted by atomic mass is 9.97. The number of rotatable bonds is 3. The molecule has 1 aliphatic rings. The summed E-state index contributed by atoms with van der Waals surface area (Å²) in [5.41, 5.74) is -0.653. The molecule has 1 saturated heterocycles. The summed E-state index contributed by atoms with van der Waals surface area (Å²) in [6, 6.07) is 2.74. The van der Waals surface area contributed by atoms with Gasteiger partial charge in [-0.15, -0.1) is 5.10 Å². The average Bonchev–Trinajstić information content (AvgIpc) is 2.90. The van der Waals surface area contributed by atoms with Gasteiger partial charge < -0.3 is 10.0 Å². The highest BCUT2D eigenvalue weighted by Gasteiger charge is 2.39. The molecule has 3 aromatic rings. The van der Waals surface area contributed by atoms with Gasteiger partial charge >= 0.3 is 0 Å². The van der Waals surface area contributed by atoms with E-state index in [0.717, 1.165) is 13.0 Å². The van der Waals surface area contributed by atoms with Crippen LogP contribution in [0.4, 0.5) is 14.6 Å². The minimum atomic E-state index is -3.10. The maximum atomic E-state index is 13.6. The third-order valence-corrected chi connectivity index (χ3v) is 4.36. The highest BCUT2D eigenvalue weighted by atomic mass is 35.5. The van der Waals surface area contributed by atoms with Crippen molar-refractivity contribution in [3.8, 4) is 5.95 Å². The van der Waals surface area contributed by atoms with Crippen molar-refractivity contribution in [1.29, 1.82) is 0 Å². The summed E-state index contributed by atoms with van der Waals surface area (Å²) in [5.74, 6) is -2.53. The van der Waals surface area contributed by atoms with E-state index in [-0.39, 0.29) is 11.1 Å². The molecule has 0 saturated carbocycles. The number of β-amino-alcohol motifs (C(OH)–C–C–N with tert-alkyl or cyclic N) is 1. The van der Waals surface area contributed by atoms with Crippen molar-refractivity contribution < 1.29 is 13.9 Å². The fourth-order valence-electron chi connectivity index (χ4n) is 2.98. The molecule has 7 nitrogen and oxygen atoms in total. The van der Waals surface area contributed by atoms with Crippen LogP contribution in [-0.4, -0.2) is 48.5 Å². The molecule has 4 heterocycles. The van der Waals surface area contributed by atoms with E-state index in [0.29, 0.717) is 29.8 Å². The Bertz CT molecular complexity index is 992. The number of alkyl halides is 2. The van der Waals surface area contributed by atoms with Crippen LogP contribution >= 0.6 is 11.6 Å². The number of aromatic nitrogens is 5. The lowest BCUT2D eigenvalue weighted by molar-refractivity contribution is 0.0125. The number of anilines is 1. The van der Waals surface area contributed by atoms with Crippen molar-refractivity contribution in [3.05, 3.63) is 35.4 Å². The second-order valence-electron chi connectivity index (χ2n) is 6.74. The van der Waals surface area contributed by atoms with Crippen LogP contribution in [0.1, 0.15) is 19.5 Å². The number of hydrogen-bond acceptors (Lipinski definition) is 6. The van der Waals surface area contributed by atoms with Gasteiger partial charge in [0.25, 0.3) is 11.9 Å². The summed E-state index contributed by atoms with van der Waals surface area (Å²) in [5, 5.41) is 15.4. The summed E-state index contributed by atoms with van der Waals surface area (Å²) in [6.07, 6.45) is 2.82. The van der Waals surface area contributed by atoms with Gasteiger partial charge in [-0.3, -0.25) is 0 Å². The third kappa shape index (κ3) is 2.86. The van der Waals surface area contributed by atoms with Crippen LogP contribution in [0.15, 0.2) is 24.5 Å². The molecule has 0 spiro atoms. The van der Waals surface area contributed by atoms with Crippen LogP contribution in [0.5, 0.6) is 0 Å². The maximum Gasteiger partial charge on any atom is 0.287 e. The molecule has 136 valence electrons. The van der Waals surface area contributed by atoms with E-state index in [9.17, 15) is 13.9 Å². The fraction of sp³-hybridized carbons (Fsp3) is 0.375. The Hall–Kier alpha value is -2.39. The van der Waals surface area contributed by atoms with Crippen LogP contribution in [0, 0.1) is 0 Å². The maximum absolute atomic E-state index is 13.6. The van der Waals surface area contributed by atoms with E-state index in [1.807, 2.05) is 4.90 Å². The van der Waals surface area contributed by atoms with Crippen LogP contribution in [0.25, 0.3) is 16.9 Å². The lowest BCUT2D eigenvalue weighted by Crippen LogP contribution is -2.60. The predicted octanol–water partition coefficient (Wildman–Crippen LogP) is 2.55. The van der Waals surface area contributed by atoms with Gasteiger partial charge in [0, 0.05) is 38.5 Å². The molecule has 0 bridgehead atoms. The van der Waals surface area contributed by atoms with Crippen LogP contribution in [0.2, 0.25) is 5.15 Å². The van der Waals surface area contributed by atoms with E-state index < -0.39 is 17.2 Å². The SMILES string of the molecule is CC1(O)CN(c2nn(-c3nccc(C(C)(F)F)n3)c3cc(Cl)ncc23)C1. The number of fused-ring (bicyclic) bond motifs is 1. The van der Waals surface area contributed by atoms with Crippen molar-refractivity contribution in [2.75, 3.05) is 18.0 Å². The first kappa shape index (κ1) is 17.0. The monoisotopic (exact) mass is 380 g/mol. The Labute approximate surface area is 152 Å². The minimum Gasteiger partial charge on any atom is -0.386 e. The standard InChI is InChI=1S/C16H15ClF2N6O/c1-15(26)7-24(8-15)13-9-6-21-12(17)5-10(9)25(23-13)14-20-4-3-11(22-14)16(2,18)19/h3-6,26H,7-8H2,1-2H3. The number of hydrogen-bond donors (Lipinski definition) is 1. The molecule has 1 N–H and O–H groups in total. The smallest absolute Gasteiger partial charge is 0.287 e. The van der Waals surface area contributed by atoms with Crippen molar-refractivity contribution in [2.24, 2.45) is 0 Å². The Morgan fingerprint density at radius 2 is 2.04 bits per heavy atom. The molecule has 0 radical (unpaired) electrons. The van der Waals surface area contributed by atoms with Crippen molar-refractivity contribution >= 4 is 28.3 Å². The van der Waals surface area contributed by atoms with Crippen LogP contribution in [0.3, 0.4) is 0 Å². The molecule has 0 amide bonds. The molecule has 4 rings (SSSR count). The van der Waals surface area contributed by atoms with E-state index in [1.165, 1.54) is 10.9 Å². The first-order chi connectivity index (χ1) is 12.1. The van der Waals surface area contributed by atoms with Gasteiger partial charge in [0.1, 0.15) is 10.8 Å². The van der Waals surface area contributed by atoms with Gasteiger partial charge in [-0.2, -0.15) is 13.5 Å². The zero-order valence-electron chi connectivity index (χ0n) is 14.0. The largest absolute Gasteiger partial charge is 0.386 e. The first-order valence-electron chi connectivity index (χ1n) is 7.87. The molecule has 0 aliphatic carbocycles. The van der Waals surface area contributed by atoms with E-state index in [1.54, 1.807) is 19.2 Å². The summed E-state index contributed by atoms with van der Waals surface area (Å²) in [6.45, 7) is 3.30. The quantitative estimate of drug-likeness (QED) is 0.703. The van der Waals surface area contributed by atoms with Crippen molar-refractivity contribution in [2.45, 2.75) is 25.4 Å². The summed E-state index contributed by atoms with van der Waals surface area (Å²) >= 11 is 6.00. The average molecular weight is 381 g/mol. The van der Waals surface area contributed by atoms with Crippen LogP contribution < -0.4 is 4.90 Å². The lowest BCUT2D eigenvalue weighted by Gasteiger charge is -2.44. The van der Waals surface area contributed by atoms with Gasteiger partial charge in [-0.05, 0) is 13.0 Å². The second kappa shape index (κ2) is 5.55. The summed E-state index contributed by atoms with van der Waals surface area (Å²) in [7, 11) is 0. The van der Waals surface area contributed by atoms with Crippen LogP contribution in [-0.2, 0) is 5.92 Å². The van der Waals surface area contributed by atoms with Gasteiger partial charge in [0.2, 0.25) is 0 Å². The number of pyridine rings is 1. The Morgan fingerprint density at radius 3 is 2.69 bits per heavy atom. The molecule has 10 heteroatoms. The molecule has 1 aliphatic heterocycles. The number of nitrogens with zero attached hydrogens (tertiary/aromatic N) is 6. The van der Waals surface area contributed by atoms with Gasteiger partial charge in [-0.1, -0.05) is 11.6 Å². The molecule has 0 atom stereocenters. The van der Waals surface area contributed by atoms with Gasteiger partial charge in [0.15, 0.2) is 5.82 Å². The van der Waals surface area contributed by atoms with Crippen molar-refractivity contribution in [1.82, 2.24) is 24.7 Å². The molecule has 0 aromatic carbocycles. The summed E-state index contributed by atoms with van der Waals surface area (Å²) < 4.78 is 28.6. The Morgan fingerprint density at radius 1 is 1.31 bits per heavy atom. The fourth-order valence-corrected chi connectivity index (χ4v) is 3.13. The first-order valence-corrected chi connectivity index (χ1v) is 8.25. The number of aliphatic hydroxyl groups is 1. The normalized spacial score (nSPS) is 16.8. The zero-order chi connectivity index (χ0) is 18.7. The highest BCUT2D eigenvalue weighted by molar-refractivity contribution is 6.30. The highest BCUT2D eigenvalue weighted by Crippen LogP contribution is 2.34. The molecular weight excluding hydrogens is 366 g/mol. The summed E-state index contributed by atoms with van der Waals surface area (Å²) in [4.78, 5) is 14.0. The van der Waals surface area contributed by atoms with Gasteiger partial charge in [-0.25, -0.2) is 15.0 Å². The van der Waals surface area contributed by atoms with Crippen molar-refractivity contribution in [3.63, 3.8) is 0 Å². The Balaban J connectivity index is 1.87. The molecule has 26 heavy (non-hydrogen) atoms. The minimum absolute atomic E-state index is 0.00910.